The van der Waals surface area contributed by atoms with Gasteiger partial charge >= 0.3 is 0 Å². The minimum Gasteiger partial charge on any atom is -0.496 e. The average Bonchev–Trinajstić information content (AvgIpc) is 2.31. The van der Waals surface area contributed by atoms with Gasteiger partial charge in [-0.15, -0.1) is 0 Å². The minimum atomic E-state index is -0.105. The maximum absolute atomic E-state index is 6.32. The first-order valence-corrected chi connectivity index (χ1v) is 5.95. The van der Waals surface area contributed by atoms with Gasteiger partial charge in [-0.05, 0) is 48.6 Å². The van der Waals surface area contributed by atoms with Gasteiger partial charge in [-0.1, -0.05) is 19.9 Å². The molecule has 0 spiro atoms. The standard InChI is InChI=1S/C14H24N2O/c1-9-10(2)12(17-5)7-6-11(9)13(16)14(3,4)8-15/h6-7,13H,8,15-16H2,1-5H3. The third-order valence-electron chi connectivity index (χ3n) is 3.70. The number of benzene rings is 1. The van der Waals surface area contributed by atoms with Crippen LogP contribution in [0.5, 0.6) is 5.75 Å². The number of hydrogen-bond acceptors (Lipinski definition) is 3. The first-order chi connectivity index (χ1) is 7.85. The van der Waals surface area contributed by atoms with E-state index in [4.69, 9.17) is 16.2 Å². The van der Waals surface area contributed by atoms with Gasteiger partial charge in [-0.3, -0.25) is 0 Å². The summed E-state index contributed by atoms with van der Waals surface area (Å²) in [5, 5.41) is 0. The Kier molecular flexibility index (Phi) is 4.17. The van der Waals surface area contributed by atoms with Gasteiger partial charge < -0.3 is 16.2 Å². The van der Waals surface area contributed by atoms with Crippen molar-refractivity contribution in [2.24, 2.45) is 16.9 Å². The summed E-state index contributed by atoms with van der Waals surface area (Å²) in [4.78, 5) is 0. The van der Waals surface area contributed by atoms with Crippen LogP contribution >= 0.6 is 0 Å². The summed E-state index contributed by atoms with van der Waals surface area (Å²) >= 11 is 0. The molecule has 4 N–H and O–H groups in total. The van der Waals surface area contributed by atoms with Crippen molar-refractivity contribution in [3.8, 4) is 5.75 Å². The zero-order chi connectivity index (χ0) is 13.2. The van der Waals surface area contributed by atoms with Crippen LogP contribution in [0.15, 0.2) is 12.1 Å². The zero-order valence-electron chi connectivity index (χ0n) is 11.5. The fraction of sp³-hybridized carbons (Fsp3) is 0.571. The molecule has 1 aromatic rings. The van der Waals surface area contributed by atoms with Crippen molar-refractivity contribution in [3.05, 3.63) is 28.8 Å². The molecule has 0 amide bonds. The molecule has 0 aliphatic heterocycles. The van der Waals surface area contributed by atoms with Crippen molar-refractivity contribution in [1.82, 2.24) is 0 Å². The smallest absolute Gasteiger partial charge is 0.122 e. The van der Waals surface area contributed by atoms with E-state index in [-0.39, 0.29) is 11.5 Å². The highest BCUT2D eigenvalue weighted by atomic mass is 16.5. The molecule has 1 unspecified atom stereocenters. The van der Waals surface area contributed by atoms with Crippen LogP contribution in [0.3, 0.4) is 0 Å². The number of hydrogen-bond donors (Lipinski definition) is 2. The van der Waals surface area contributed by atoms with E-state index in [0.717, 1.165) is 16.9 Å². The molecule has 1 aromatic carbocycles. The molecular formula is C14H24N2O. The van der Waals surface area contributed by atoms with Crippen LogP contribution in [-0.2, 0) is 0 Å². The molecule has 96 valence electrons. The van der Waals surface area contributed by atoms with Crippen LogP contribution in [0.1, 0.15) is 36.6 Å². The van der Waals surface area contributed by atoms with Gasteiger partial charge in [0.25, 0.3) is 0 Å². The molecule has 0 saturated carbocycles. The van der Waals surface area contributed by atoms with Gasteiger partial charge in [0.1, 0.15) is 5.75 Å². The summed E-state index contributed by atoms with van der Waals surface area (Å²) < 4.78 is 5.31. The van der Waals surface area contributed by atoms with Crippen LogP contribution in [-0.4, -0.2) is 13.7 Å². The predicted molar refractivity (Wildman–Crippen MR) is 72.2 cm³/mol. The number of rotatable bonds is 4. The Morgan fingerprint density at radius 1 is 1.24 bits per heavy atom. The molecule has 1 atom stereocenters. The normalized spacial score (nSPS) is 13.6. The van der Waals surface area contributed by atoms with Crippen molar-refractivity contribution in [2.75, 3.05) is 13.7 Å². The fourth-order valence-electron chi connectivity index (χ4n) is 1.92. The molecule has 0 radical (unpaired) electrons. The van der Waals surface area contributed by atoms with Crippen LogP contribution in [0.4, 0.5) is 0 Å². The SMILES string of the molecule is COc1ccc(C(N)C(C)(C)CN)c(C)c1C. The molecule has 0 heterocycles. The highest BCUT2D eigenvalue weighted by molar-refractivity contribution is 5.45. The van der Waals surface area contributed by atoms with Crippen molar-refractivity contribution >= 4 is 0 Å². The molecule has 0 saturated heterocycles. The molecule has 3 nitrogen and oxygen atoms in total. The minimum absolute atomic E-state index is 0.0582. The van der Waals surface area contributed by atoms with E-state index < -0.39 is 0 Å². The van der Waals surface area contributed by atoms with E-state index in [0.29, 0.717) is 6.54 Å². The lowest BCUT2D eigenvalue weighted by atomic mass is 9.79. The Balaban J connectivity index is 3.21. The summed E-state index contributed by atoms with van der Waals surface area (Å²) in [6.45, 7) is 8.89. The fourth-order valence-corrected chi connectivity index (χ4v) is 1.92. The Bertz CT molecular complexity index is 399. The topological polar surface area (TPSA) is 61.3 Å². The lowest BCUT2D eigenvalue weighted by Crippen LogP contribution is -2.36. The van der Waals surface area contributed by atoms with Gasteiger partial charge in [0.05, 0.1) is 7.11 Å². The third kappa shape index (κ3) is 2.61. The summed E-state index contributed by atoms with van der Waals surface area (Å²) in [5.74, 6) is 0.906. The third-order valence-corrected chi connectivity index (χ3v) is 3.70. The lowest BCUT2D eigenvalue weighted by molar-refractivity contribution is 0.300. The van der Waals surface area contributed by atoms with Crippen molar-refractivity contribution in [3.63, 3.8) is 0 Å². The summed E-state index contributed by atoms with van der Waals surface area (Å²) in [5.41, 5.74) is 15.5. The summed E-state index contributed by atoms with van der Waals surface area (Å²) in [7, 11) is 1.69. The zero-order valence-corrected chi connectivity index (χ0v) is 11.5. The van der Waals surface area contributed by atoms with Crippen LogP contribution in [0.25, 0.3) is 0 Å². The average molecular weight is 236 g/mol. The summed E-state index contributed by atoms with van der Waals surface area (Å²) in [6.07, 6.45) is 0. The Hall–Kier alpha value is -1.06. The molecule has 0 bridgehead atoms. The largest absolute Gasteiger partial charge is 0.496 e. The second-order valence-electron chi connectivity index (χ2n) is 5.28. The van der Waals surface area contributed by atoms with Gasteiger partial charge in [-0.2, -0.15) is 0 Å². The molecule has 1 rings (SSSR count). The quantitative estimate of drug-likeness (QED) is 0.843. The van der Waals surface area contributed by atoms with E-state index in [1.807, 2.05) is 12.1 Å². The molecular weight excluding hydrogens is 212 g/mol. The van der Waals surface area contributed by atoms with Gasteiger partial charge in [-0.25, -0.2) is 0 Å². The molecule has 0 aliphatic rings. The monoisotopic (exact) mass is 236 g/mol. The van der Waals surface area contributed by atoms with Crippen molar-refractivity contribution in [1.29, 1.82) is 0 Å². The number of ether oxygens (including phenoxy) is 1. The Morgan fingerprint density at radius 2 is 1.82 bits per heavy atom. The number of nitrogens with two attached hydrogens (primary N) is 2. The molecule has 3 heteroatoms. The van der Waals surface area contributed by atoms with Crippen molar-refractivity contribution in [2.45, 2.75) is 33.7 Å². The molecule has 0 aliphatic carbocycles. The van der Waals surface area contributed by atoms with Gasteiger partial charge in [0.2, 0.25) is 0 Å². The van der Waals surface area contributed by atoms with Crippen LogP contribution in [0.2, 0.25) is 0 Å². The predicted octanol–water partition coefficient (Wildman–Crippen LogP) is 2.30. The Labute approximate surface area is 104 Å². The van der Waals surface area contributed by atoms with E-state index in [1.165, 1.54) is 5.56 Å². The van der Waals surface area contributed by atoms with Crippen LogP contribution < -0.4 is 16.2 Å². The highest BCUT2D eigenvalue weighted by Gasteiger charge is 2.27. The first kappa shape index (κ1) is 14.0. The van der Waals surface area contributed by atoms with E-state index in [9.17, 15) is 0 Å². The van der Waals surface area contributed by atoms with E-state index in [2.05, 4.69) is 27.7 Å². The van der Waals surface area contributed by atoms with E-state index in [1.54, 1.807) is 7.11 Å². The second kappa shape index (κ2) is 5.07. The van der Waals surface area contributed by atoms with Gasteiger partial charge in [0, 0.05) is 6.04 Å². The van der Waals surface area contributed by atoms with E-state index >= 15 is 0 Å². The van der Waals surface area contributed by atoms with Gasteiger partial charge in [0.15, 0.2) is 0 Å². The summed E-state index contributed by atoms with van der Waals surface area (Å²) in [6, 6.07) is 3.96. The maximum atomic E-state index is 6.32. The second-order valence-corrected chi connectivity index (χ2v) is 5.28. The molecule has 0 aromatic heterocycles. The molecule has 0 fully saturated rings. The maximum Gasteiger partial charge on any atom is 0.122 e. The highest BCUT2D eigenvalue weighted by Crippen LogP contribution is 2.35. The number of methoxy groups -OCH3 is 1. The van der Waals surface area contributed by atoms with Crippen LogP contribution in [0, 0.1) is 19.3 Å². The Morgan fingerprint density at radius 3 is 2.29 bits per heavy atom. The first-order valence-electron chi connectivity index (χ1n) is 5.95. The van der Waals surface area contributed by atoms with Crippen molar-refractivity contribution < 1.29 is 4.74 Å². The molecule has 17 heavy (non-hydrogen) atoms. The lowest BCUT2D eigenvalue weighted by Gasteiger charge is -2.32.